The van der Waals surface area contributed by atoms with Gasteiger partial charge in [0.2, 0.25) is 15.9 Å². The Bertz CT molecular complexity index is 912. The van der Waals surface area contributed by atoms with E-state index >= 15 is 0 Å². The topological polar surface area (TPSA) is 66.5 Å². The molecule has 0 radical (unpaired) electrons. The molecule has 0 spiro atoms. The van der Waals surface area contributed by atoms with Crippen molar-refractivity contribution in [2.75, 3.05) is 10.6 Å². The van der Waals surface area contributed by atoms with E-state index in [0.29, 0.717) is 16.6 Å². The Morgan fingerprint density at radius 1 is 1.15 bits per heavy atom. The Labute approximate surface area is 170 Å². The first-order chi connectivity index (χ1) is 12.6. The lowest BCUT2D eigenvalue weighted by Crippen LogP contribution is -2.49. The standard InChI is InChI=1S/C19H22Cl2N2O3S/c1-4-18(19(24)22-12-14-8-6-5-7-13(14)2)23(27(3,25)26)17-10-15(20)9-16(21)11-17/h5-11,18H,4,12H2,1-3H3,(H,22,24)/t18-/m0/s1. The molecule has 146 valence electrons. The van der Waals surface area contributed by atoms with E-state index in [9.17, 15) is 13.2 Å². The molecule has 8 heteroatoms. The molecule has 0 saturated heterocycles. The number of carbonyl (C=O) groups is 1. The molecule has 1 atom stereocenters. The normalized spacial score (nSPS) is 12.5. The van der Waals surface area contributed by atoms with Crippen LogP contribution in [0.5, 0.6) is 0 Å². The number of nitrogens with one attached hydrogen (secondary N) is 1. The Hall–Kier alpha value is -1.76. The number of aryl methyl sites for hydroxylation is 1. The summed E-state index contributed by atoms with van der Waals surface area (Å²) >= 11 is 12.0. The summed E-state index contributed by atoms with van der Waals surface area (Å²) in [4.78, 5) is 12.8. The number of benzene rings is 2. The number of rotatable bonds is 7. The second-order valence-electron chi connectivity index (χ2n) is 6.25. The van der Waals surface area contributed by atoms with E-state index in [4.69, 9.17) is 23.2 Å². The summed E-state index contributed by atoms with van der Waals surface area (Å²) in [6.45, 7) is 4.02. The molecule has 0 aliphatic carbocycles. The van der Waals surface area contributed by atoms with Crippen LogP contribution in [0.3, 0.4) is 0 Å². The van der Waals surface area contributed by atoms with Gasteiger partial charge in [-0.3, -0.25) is 9.10 Å². The first-order valence-electron chi connectivity index (χ1n) is 8.41. The molecule has 1 amide bonds. The van der Waals surface area contributed by atoms with Crippen molar-refractivity contribution in [3.05, 3.63) is 63.6 Å². The maximum atomic E-state index is 12.8. The Morgan fingerprint density at radius 2 is 1.74 bits per heavy atom. The molecule has 5 nitrogen and oxygen atoms in total. The molecule has 0 bridgehead atoms. The lowest BCUT2D eigenvalue weighted by Gasteiger charge is -2.30. The molecule has 27 heavy (non-hydrogen) atoms. The van der Waals surface area contributed by atoms with E-state index in [1.807, 2.05) is 31.2 Å². The van der Waals surface area contributed by atoms with Gasteiger partial charge in [0.15, 0.2) is 0 Å². The lowest BCUT2D eigenvalue weighted by atomic mass is 10.1. The third kappa shape index (κ3) is 5.61. The average Bonchev–Trinajstić information content (AvgIpc) is 2.56. The fourth-order valence-electron chi connectivity index (χ4n) is 2.84. The third-order valence-electron chi connectivity index (χ3n) is 4.15. The SMILES string of the molecule is CC[C@@H](C(=O)NCc1ccccc1C)N(c1cc(Cl)cc(Cl)c1)S(C)(=O)=O. The van der Waals surface area contributed by atoms with E-state index in [1.54, 1.807) is 6.92 Å². The molecule has 0 saturated carbocycles. The predicted octanol–water partition coefficient (Wildman–Crippen LogP) is 4.16. The van der Waals surface area contributed by atoms with Crippen molar-refractivity contribution in [1.82, 2.24) is 5.32 Å². The van der Waals surface area contributed by atoms with Gasteiger partial charge in [0.25, 0.3) is 0 Å². The van der Waals surface area contributed by atoms with Crippen molar-refractivity contribution in [2.24, 2.45) is 0 Å². The molecule has 0 heterocycles. The van der Waals surface area contributed by atoms with Gasteiger partial charge in [0.1, 0.15) is 6.04 Å². The number of carbonyl (C=O) groups excluding carboxylic acids is 1. The van der Waals surface area contributed by atoms with E-state index in [0.717, 1.165) is 21.7 Å². The van der Waals surface area contributed by atoms with Gasteiger partial charge in [-0.15, -0.1) is 0 Å². The van der Waals surface area contributed by atoms with Crippen molar-refractivity contribution in [3.63, 3.8) is 0 Å². The molecule has 0 unspecified atom stereocenters. The van der Waals surface area contributed by atoms with Gasteiger partial charge >= 0.3 is 0 Å². The van der Waals surface area contributed by atoms with Crippen LogP contribution in [0.2, 0.25) is 10.0 Å². The number of anilines is 1. The third-order valence-corrected chi connectivity index (χ3v) is 5.76. The lowest BCUT2D eigenvalue weighted by molar-refractivity contribution is -0.122. The second-order valence-corrected chi connectivity index (χ2v) is 8.99. The Morgan fingerprint density at radius 3 is 2.26 bits per heavy atom. The minimum Gasteiger partial charge on any atom is -0.350 e. The molecule has 2 aromatic rings. The van der Waals surface area contributed by atoms with Gasteiger partial charge in [0.05, 0.1) is 11.9 Å². The fourth-order valence-corrected chi connectivity index (χ4v) is 4.55. The molecular weight excluding hydrogens is 407 g/mol. The van der Waals surface area contributed by atoms with Crippen molar-refractivity contribution in [1.29, 1.82) is 0 Å². The van der Waals surface area contributed by atoms with Gasteiger partial charge in [0, 0.05) is 16.6 Å². The average molecular weight is 429 g/mol. The fraction of sp³-hybridized carbons (Fsp3) is 0.316. The van der Waals surface area contributed by atoms with E-state index in [-0.39, 0.29) is 18.0 Å². The molecular formula is C19H22Cl2N2O3S. The summed E-state index contributed by atoms with van der Waals surface area (Å²) < 4.78 is 26.0. The Kier molecular flexibility index (Phi) is 7.14. The summed E-state index contributed by atoms with van der Waals surface area (Å²) in [6, 6.07) is 11.2. The number of halogens is 2. The zero-order valence-electron chi connectivity index (χ0n) is 15.4. The maximum Gasteiger partial charge on any atom is 0.244 e. The van der Waals surface area contributed by atoms with Crippen LogP contribution < -0.4 is 9.62 Å². The maximum absolute atomic E-state index is 12.8. The van der Waals surface area contributed by atoms with E-state index < -0.39 is 16.1 Å². The van der Waals surface area contributed by atoms with Gasteiger partial charge < -0.3 is 5.32 Å². The summed E-state index contributed by atoms with van der Waals surface area (Å²) in [5, 5.41) is 3.42. The van der Waals surface area contributed by atoms with Gasteiger partial charge in [-0.1, -0.05) is 54.4 Å². The number of nitrogens with zero attached hydrogens (tertiary/aromatic N) is 1. The van der Waals surface area contributed by atoms with Crippen LogP contribution in [0, 0.1) is 6.92 Å². The van der Waals surface area contributed by atoms with Gasteiger partial charge in [-0.25, -0.2) is 8.42 Å². The molecule has 0 aromatic heterocycles. The van der Waals surface area contributed by atoms with E-state index in [1.165, 1.54) is 18.2 Å². The summed E-state index contributed by atoms with van der Waals surface area (Å²) in [5.74, 6) is -0.387. The molecule has 2 aromatic carbocycles. The van der Waals surface area contributed by atoms with Crippen LogP contribution in [-0.2, 0) is 21.4 Å². The highest BCUT2D eigenvalue weighted by Crippen LogP contribution is 2.29. The van der Waals surface area contributed by atoms with Crippen LogP contribution in [-0.4, -0.2) is 26.6 Å². The summed E-state index contributed by atoms with van der Waals surface area (Å²) in [5.41, 5.74) is 2.28. The highest BCUT2D eigenvalue weighted by molar-refractivity contribution is 7.92. The van der Waals surface area contributed by atoms with Crippen LogP contribution >= 0.6 is 23.2 Å². The first-order valence-corrected chi connectivity index (χ1v) is 11.0. The zero-order valence-corrected chi connectivity index (χ0v) is 17.7. The molecule has 0 aliphatic heterocycles. The largest absolute Gasteiger partial charge is 0.350 e. The molecule has 0 aliphatic rings. The number of amides is 1. The highest BCUT2D eigenvalue weighted by atomic mass is 35.5. The summed E-state index contributed by atoms with van der Waals surface area (Å²) in [7, 11) is -3.74. The van der Waals surface area contributed by atoms with Crippen molar-refractivity contribution in [3.8, 4) is 0 Å². The van der Waals surface area contributed by atoms with Crippen LogP contribution in [0.15, 0.2) is 42.5 Å². The van der Waals surface area contributed by atoms with Gasteiger partial charge in [-0.2, -0.15) is 0 Å². The first kappa shape index (κ1) is 21.5. The second kappa shape index (κ2) is 8.95. The number of hydrogen-bond donors (Lipinski definition) is 1. The summed E-state index contributed by atoms with van der Waals surface area (Å²) in [6.07, 6.45) is 1.34. The van der Waals surface area contributed by atoms with Gasteiger partial charge in [-0.05, 0) is 42.7 Å². The molecule has 2 rings (SSSR count). The minimum absolute atomic E-state index is 0.257. The predicted molar refractivity (Wildman–Crippen MR) is 111 cm³/mol. The monoisotopic (exact) mass is 428 g/mol. The van der Waals surface area contributed by atoms with Crippen molar-refractivity contribution in [2.45, 2.75) is 32.9 Å². The quantitative estimate of drug-likeness (QED) is 0.719. The Balaban J connectivity index is 2.32. The molecule has 0 fully saturated rings. The van der Waals surface area contributed by atoms with E-state index in [2.05, 4.69) is 5.32 Å². The van der Waals surface area contributed by atoms with Crippen molar-refractivity contribution < 1.29 is 13.2 Å². The minimum atomic E-state index is -3.74. The van der Waals surface area contributed by atoms with Crippen molar-refractivity contribution >= 4 is 44.8 Å². The number of sulfonamides is 1. The highest BCUT2D eigenvalue weighted by Gasteiger charge is 2.31. The smallest absolute Gasteiger partial charge is 0.244 e. The van der Waals surface area contributed by atoms with Crippen LogP contribution in [0.25, 0.3) is 0 Å². The van der Waals surface area contributed by atoms with Crippen LogP contribution in [0.4, 0.5) is 5.69 Å². The zero-order chi connectivity index (χ0) is 20.2. The number of hydrogen-bond acceptors (Lipinski definition) is 3. The molecule has 1 N–H and O–H groups in total. The van der Waals surface area contributed by atoms with Crippen LogP contribution in [0.1, 0.15) is 24.5 Å².